The fourth-order valence-corrected chi connectivity index (χ4v) is 6.37. The Bertz CT molecular complexity index is 1980. The van der Waals surface area contributed by atoms with Gasteiger partial charge in [0.2, 0.25) is 0 Å². The summed E-state index contributed by atoms with van der Waals surface area (Å²) >= 11 is 7.35. The van der Waals surface area contributed by atoms with Crippen LogP contribution < -0.4 is 0 Å². The Labute approximate surface area is 265 Å². The van der Waals surface area contributed by atoms with E-state index in [2.05, 4.69) is 79.1 Å². The number of benzene rings is 4. The zero-order valence-electron chi connectivity index (χ0n) is 23.3. The number of carbonyl (C=O) groups excluding carboxylic acids is 3. The number of aryl methyl sites for hydroxylation is 1. The summed E-state index contributed by atoms with van der Waals surface area (Å²) in [6.45, 7) is 1.87. The summed E-state index contributed by atoms with van der Waals surface area (Å²) in [6.07, 6.45) is 1.55. The van der Waals surface area contributed by atoms with Crippen LogP contribution in [0.5, 0.6) is 0 Å². The number of fused-ring (bicyclic) bond motifs is 3. The van der Waals surface area contributed by atoms with Crippen molar-refractivity contribution < 1.29 is 23.9 Å². The number of methoxy groups -OCH3 is 2. The van der Waals surface area contributed by atoms with Crippen LogP contribution in [0.1, 0.15) is 54.1 Å². The molecule has 5 nitrogen and oxygen atoms in total. The Balaban J connectivity index is 1.95. The summed E-state index contributed by atoms with van der Waals surface area (Å²) in [7, 11) is 2.69. The van der Waals surface area contributed by atoms with E-state index >= 15 is 0 Å². The average Bonchev–Trinajstić information content (AvgIpc) is 3.29. The maximum Gasteiger partial charge on any atom is 0.338 e. The van der Waals surface area contributed by atoms with E-state index in [9.17, 15) is 14.4 Å². The van der Waals surface area contributed by atoms with Crippen molar-refractivity contribution in [3.8, 4) is 11.1 Å². The molecule has 0 amide bonds. The molecule has 0 saturated heterocycles. The lowest BCUT2D eigenvalue weighted by atomic mass is 9.67. The molecule has 0 saturated carbocycles. The fourth-order valence-electron chi connectivity index (χ4n) is 5.65. The van der Waals surface area contributed by atoms with Crippen molar-refractivity contribution in [3.05, 3.63) is 149 Å². The summed E-state index contributed by atoms with van der Waals surface area (Å²) in [5, 5.41) is 0. The van der Waals surface area contributed by atoms with Gasteiger partial charge < -0.3 is 9.47 Å². The first kappa shape index (κ1) is 29.8. The van der Waals surface area contributed by atoms with Crippen LogP contribution in [-0.2, 0) is 19.7 Å². The van der Waals surface area contributed by atoms with E-state index in [-0.39, 0.29) is 0 Å². The molecule has 0 aromatic heterocycles. The molecule has 0 unspecified atom stereocenters. The van der Waals surface area contributed by atoms with Gasteiger partial charge in [-0.25, -0.2) is 14.4 Å². The van der Waals surface area contributed by atoms with Crippen LogP contribution in [0.2, 0.25) is 0 Å². The second-order valence-corrected chi connectivity index (χ2v) is 11.5. The molecule has 0 N–H and O–H groups in total. The zero-order valence-corrected chi connectivity index (χ0v) is 26.5. The normalized spacial score (nSPS) is 11.8. The molecular formula is C36H22Br2O5. The lowest BCUT2D eigenvalue weighted by molar-refractivity contribution is 0.0591. The zero-order chi connectivity index (χ0) is 30.7. The van der Waals surface area contributed by atoms with Crippen LogP contribution in [0.15, 0.2) is 105 Å². The Kier molecular flexibility index (Phi) is 8.53. The number of rotatable bonds is 5. The topological polar surface area (TPSA) is 69.7 Å². The molecule has 0 spiro atoms. The maximum atomic E-state index is 13.2. The van der Waals surface area contributed by atoms with Crippen LogP contribution in [0, 0.1) is 6.92 Å². The third-order valence-electron chi connectivity index (χ3n) is 7.50. The highest BCUT2D eigenvalue weighted by Crippen LogP contribution is 2.57. The molecule has 7 heteroatoms. The van der Waals surface area contributed by atoms with Crippen LogP contribution in [0.4, 0.5) is 0 Å². The molecule has 0 atom stereocenters. The average molecular weight is 694 g/mol. The smallest absolute Gasteiger partial charge is 0.338 e. The summed E-state index contributed by atoms with van der Waals surface area (Å²) in [6, 6.07) is 23.6. The fraction of sp³-hybridized carbons (Fsp3) is 0.111. The van der Waals surface area contributed by atoms with Gasteiger partial charge in [0.1, 0.15) is 0 Å². The van der Waals surface area contributed by atoms with Crippen LogP contribution in [-0.4, -0.2) is 32.1 Å². The van der Waals surface area contributed by atoms with Gasteiger partial charge in [-0.2, -0.15) is 0 Å². The number of halogens is 2. The largest absolute Gasteiger partial charge is 0.465 e. The van der Waals surface area contributed by atoms with E-state index in [1.165, 1.54) is 20.2 Å². The predicted molar refractivity (Wildman–Crippen MR) is 171 cm³/mol. The van der Waals surface area contributed by atoms with E-state index in [0.717, 1.165) is 47.9 Å². The quantitative estimate of drug-likeness (QED) is 0.106. The van der Waals surface area contributed by atoms with Crippen LogP contribution in [0.3, 0.4) is 0 Å². The summed E-state index contributed by atoms with van der Waals surface area (Å²) in [5.74, 6) is 0.486. The van der Waals surface area contributed by atoms with Gasteiger partial charge in [-0.05, 0) is 99.6 Å². The first-order valence-electron chi connectivity index (χ1n) is 13.0. The number of carbonyl (C=O) groups is 2. The minimum Gasteiger partial charge on any atom is -0.465 e. The van der Waals surface area contributed by atoms with Crippen molar-refractivity contribution >= 4 is 55.8 Å². The van der Waals surface area contributed by atoms with Crippen molar-refractivity contribution in [1.29, 1.82) is 0 Å². The summed E-state index contributed by atoms with van der Waals surface area (Å²) in [4.78, 5) is 36.4. The van der Waals surface area contributed by atoms with E-state index in [4.69, 9.17) is 9.47 Å². The highest BCUT2D eigenvalue weighted by molar-refractivity contribution is 9.10. The molecule has 43 heavy (non-hydrogen) atoms. The molecule has 1 aliphatic carbocycles. The lowest BCUT2D eigenvalue weighted by Crippen LogP contribution is -2.29. The minimum absolute atomic E-state index is 0.295. The van der Waals surface area contributed by atoms with Gasteiger partial charge in [0.25, 0.3) is 0 Å². The van der Waals surface area contributed by atoms with Gasteiger partial charge in [0, 0.05) is 20.4 Å². The Hall–Kier alpha value is -4.65. The van der Waals surface area contributed by atoms with Crippen molar-refractivity contribution in [2.75, 3.05) is 14.2 Å². The summed E-state index contributed by atoms with van der Waals surface area (Å²) in [5.41, 5.74) is 16.5. The Morgan fingerprint density at radius 2 is 1.28 bits per heavy atom. The van der Waals surface area contributed by atoms with E-state index in [1.54, 1.807) is 12.1 Å². The number of esters is 2. The highest BCUT2D eigenvalue weighted by atomic mass is 79.9. The Morgan fingerprint density at radius 3 is 1.86 bits per heavy atom. The second-order valence-electron chi connectivity index (χ2n) is 9.71. The van der Waals surface area contributed by atoms with Crippen molar-refractivity contribution in [3.63, 3.8) is 0 Å². The molecular weight excluding hydrogens is 672 g/mol. The maximum absolute atomic E-state index is 13.2. The van der Waals surface area contributed by atoms with Gasteiger partial charge in [-0.3, -0.25) is 0 Å². The monoisotopic (exact) mass is 692 g/mol. The van der Waals surface area contributed by atoms with Gasteiger partial charge >= 0.3 is 11.9 Å². The molecule has 0 fully saturated rings. The third kappa shape index (κ3) is 5.24. The molecule has 4 aromatic rings. The molecule has 4 aromatic carbocycles. The molecule has 0 aliphatic heterocycles. The van der Waals surface area contributed by atoms with Gasteiger partial charge in [0.05, 0.1) is 30.8 Å². The van der Waals surface area contributed by atoms with Crippen LogP contribution >= 0.6 is 31.9 Å². The molecule has 0 radical (unpaired) electrons. The van der Waals surface area contributed by atoms with Crippen LogP contribution in [0.25, 0.3) is 17.2 Å². The van der Waals surface area contributed by atoms with Crippen molar-refractivity contribution in [2.24, 2.45) is 0 Å². The van der Waals surface area contributed by atoms with E-state index in [1.807, 2.05) is 49.4 Å². The second kappa shape index (κ2) is 12.3. The molecule has 1 aliphatic rings. The SMILES string of the molecule is COC(=O)c1cc(C2(c3ccc(C=C=C=C=C=C=O)c(C(=O)OC)c3)c3cc(Br)ccc3-c3ccc(Br)cc32)ccc1C. The number of hydrogen-bond acceptors (Lipinski definition) is 5. The molecule has 0 heterocycles. The predicted octanol–water partition coefficient (Wildman–Crippen LogP) is 7.92. The number of ether oxygens (including phenoxy) is 2. The highest BCUT2D eigenvalue weighted by Gasteiger charge is 2.47. The molecule has 210 valence electrons. The summed E-state index contributed by atoms with van der Waals surface area (Å²) < 4.78 is 12.1. The first-order chi connectivity index (χ1) is 20.8. The van der Waals surface area contributed by atoms with E-state index < -0.39 is 17.4 Å². The van der Waals surface area contributed by atoms with Gasteiger partial charge in [-0.1, -0.05) is 74.0 Å². The van der Waals surface area contributed by atoms with Crippen molar-refractivity contribution in [1.82, 2.24) is 0 Å². The lowest BCUT2D eigenvalue weighted by Gasteiger charge is -2.35. The third-order valence-corrected chi connectivity index (χ3v) is 8.49. The minimum atomic E-state index is -0.938. The van der Waals surface area contributed by atoms with Gasteiger partial charge in [-0.15, -0.1) is 0 Å². The molecule has 0 bridgehead atoms. The van der Waals surface area contributed by atoms with E-state index in [0.29, 0.717) is 16.7 Å². The Morgan fingerprint density at radius 1 is 0.721 bits per heavy atom. The molecule has 5 rings (SSSR count). The number of hydrogen-bond donors (Lipinski definition) is 0. The van der Waals surface area contributed by atoms with Crippen molar-refractivity contribution in [2.45, 2.75) is 12.3 Å². The van der Waals surface area contributed by atoms with Gasteiger partial charge in [0.15, 0.2) is 5.94 Å². The first-order valence-corrected chi connectivity index (χ1v) is 14.6. The standard InChI is InChI=1S/C36H22Br2O5/c1-22-9-11-24(18-30(22)34(40)42-2)36(32-20-26(37)13-15-28(32)29-16-14-27(38)21-33(29)36)25-12-10-23(8-6-4-5-7-17-39)31(19-25)35(41)43-3/h8-16,18-21H,1-3H3.